The van der Waals surface area contributed by atoms with Crippen LogP contribution in [0.25, 0.3) is 0 Å². The molecule has 0 fully saturated rings. The average molecular weight is 296 g/mol. The maximum Gasteiger partial charge on any atom is 0.00778 e. The van der Waals surface area contributed by atoms with Crippen LogP contribution in [0.2, 0.25) is 0 Å². The van der Waals surface area contributed by atoms with Gasteiger partial charge in [0, 0.05) is 10.8 Å². The van der Waals surface area contributed by atoms with Crippen LogP contribution in [0.4, 0.5) is 0 Å². The fraction of sp³-hybridized carbons (Fsp3) is 0.636. The van der Waals surface area contributed by atoms with Gasteiger partial charge < -0.3 is 0 Å². The van der Waals surface area contributed by atoms with Gasteiger partial charge in [-0.25, -0.2) is 0 Å². The molecule has 0 aliphatic heterocycles. The lowest BCUT2D eigenvalue weighted by Crippen LogP contribution is -2.45. The number of hydrogen-bond donors (Lipinski definition) is 0. The van der Waals surface area contributed by atoms with E-state index in [0.29, 0.717) is 11.8 Å². The van der Waals surface area contributed by atoms with Crippen LogP contribution >= 0.6 is 0 Å². The van der Waals surface area contributed by atoms with Gasteiger partial charge in [0.15, 0.2) is 0 Å². The highest BCUT2D eigenvalue weighted by molar-refractivity contribution is 5.58. The summed E-state index contributed by atoms with van der Waals surface area (Å²) in [7, 11) is 0. The molecular weight excluding hydrogens is 264 g/mol. The van der Waals surface area contributed by atoms with E-state index in [-0.39, 0.29) is 16.2 Å². The predicted molar refractivity (Wildman–Crippen MR) is 96.2 cm³/mol. The first-order valence-corrected chi connectivity index (χ1v) is 8.92. The van der Waals surface area contributed by atoms with Gasteiger partial charge in [0.1, 0.15) is 0 Å². The SMILES string of the molecule is CC(C)C1=C(C(C)C)[C@]2(C)C(C)(C)c3ccccc3[C@]2(C)C1. The molecule has 1 aromatic rings. The van der Waals surface area contributed by atoms with Crippen molar-refractivity contribution in [2.24, 2.45) is 17.3 Å². The van der Waals surface area contributed by atoms with Crippen molar-refractivity contribution in [1.82, 2.24) is 0 Å². The normalized spacial score (nSPS) is 32.8. The fourth-order valence-corrected chi connectivity index (χ4v) is 5.90. The van der Waals surface area contributed by atoms with Gasteiger partial charge in [-0.15, -0.1) is 0 Å². The lowest BCUT2D eigenvalue weighted by atomic mass is 9.55. The van der Waals surface area contributed by atoms with Gasteiger partial charge in [-0.3, -0.25) is 0 Å². The maximum atomic E-state index is 2.55. The van der Waals surface area contributed by atoms with Crippen molar-refractivity contribution in [1.29, 1.82) is 0 Å². The highest BCUT2D eigenvalue weighted by Crippen LogP contribution is 2.72. The highest BCUT2D eigenvalue weighted by Gasteiger charge is 2.66. The van der Waals surface area contributed by atoms with Crippen molar-refractivity contribution in [3.05, 3.63) is 46.5 Å². The van der Waals surface area contributed by atoms with Crippen LogP contribution in [0.15, 0.2) is 35.4 Å². The van der Waals surface area contributed by atoms with Gasteiger partial charge in [-0.2, -0.15) is 0 Å². The van der Waals surface area contributed by atoms with Crippen molar-refractivity contribution in [2.45, 2.75) is 72.6 Å². The Labute approximate surface area is 137 Å². The Hall–Kier alpha value is -1.04. The molecule has 3 rings (SSSR count). The van der Waals surface area contributed by atoms with Crippen molar-refractivity contribution in [3.8, 4) is 0 Å². The van der Waals surface area contributed by atoms with Gasteiger partial charge >= 0.3 is 0 Å². The molecule has 2 aliphatic rings. The zero-order valence-corrected chi connectivity index (χ0v) is 15.7. The van der Waals surface area contributed by atoms with E-state index < -0.39 is 0 Å². The van der Waals surface area contributed by atoms with Gasteiger partial charge in [0.05, 0.1) is 0 Å². The summed E-state index contributed by atoms with van der Waals surface area (Å²) in [5, 5.41) is 0. The minimum Gasteiger partial charge on any atom is -0.0667 e. The summed E-state index contributed by atoms with van der Waals surface area (Å²) in [5.41, 5.74) is 7.28. The summed E-state index contributed by atoms with van der Waals surface area (Å²) >= 11 is 0. The second-order valence-electron chi connectivity index (χ2n) is 9.05. The second kappa shape index (κ2) is 4.49. The topological polar surface area (TPSA) is 0 Å². The molecule has 2 aliphatic carbocycles. The molecular formula is C22H32. The number of allylic oxidation sites excluding steroid dienone is 2. The van der Waals surface area contributed by atoms with Crippen LogP contribution in [0.1, 0.15) is 72.9 Å². The Morgan fingerprint density at radius 3 is 1.86 bits per heavy atom. The Kier molecular flexibility index (Phi) is 3.24. The molecule has 0 aromatic heterocycles. The molecule has 2 atom stereocenters. The van der Waals surface area contributed by atoms with Crippen LogP contribution in [0, 0.1) is 17.3 Å². The van der Waals surface area contributed by atoms with Crippen LogP contribution in [-0.2, 0) is 10.8 Å². The molecule has 0 N–H and O–H groups in total. The molecule has 0 unspecified atom stereocenters. The van der Waals surface area contributed by atoms with E-state index in [4.69, 9.17) is 0 Å². The zero-order chi connectivity index (χ0) is 16.5. The van der Waals surface area contributed by atoms with E-state index in [1.54, 1.807) is 22.3 Å². The van der Waals surface area contributed by atoms with Crippen molar-refractivity contribution < 1.29 is 0 Å². The van der Waals surface area contributed by atoms with Crippen molar-refractivity contribution >= 4 is 0 Å². The molecule has 0 saturated heterocycles. The summed E-state index contributed by atoms with van der Waals surface area (Å²) in [4.78, 5) is 0. The average Bonchev–Trinajstić information content (AvgIpc) is 2.76. The molecule has 0 saturated carbocycles. The van der Waals surface area contributed by atoms with E-state index in [1.165, 1.54) is 6.42 Å². The molecule has 0 radical (unpaired) electrons. The minimum atomic E-state index is 0.189. The monoisotopic (exact) mass is 296 g/mol. The molecule has 0 spiro atoms. The van der Waals surface area contributed by atoms with E-state index in [1.807, 2.05) is 0 Å². The van der Waals surface area contributed by atoms with Crippen molar-refractivity contribution in [3.63, 3.8) is 0 Å². The Morgan fingerprint density at radius 1 is 0.818 bits per heavy atom. The van der Waals surface area contributed by atoms with Gasteiger partial charge in [0.2, 0.25) is 0 Å². The van der Waals surface area contributed by atoms with E-state index in [9.17, 15) is 0 Å². The Balaban J connectivity index is 2.35. The molecule has 0 heteroatoms. The molecule has 0 amide bonds. The number of hydrogen-bond acceptors (Lipinski definition) is 0. The summed E-state index contributed by atoms with van der Waals surface area (Å²) in [6, 6.07) is 9.21. The lowest BCUT2D eigenvalue weighted by Gasteiger charge is -2.48. The van der Waals surface area contributed by atoms with Gasteiger partial charge in [0.25, 0.3) is 0 Å². The third kappa shape index (κ3) is 1.54. The first kappa shape index (κ1) is 15.8. The summed E-state index contributed by atoms with van der Waals surface area (Å²) in [5.74, 6) is 1.28. The van der Waals surface area contributed by atoms with Crippen molar-refractivity contribution in [2.75, 3.05) is 0 Å². The van der Waals surface area contributed by atoms with Crippen LogP contribution in [0.3, 0.4) is 0 Å². The maximum absolute atomic E-state index is 2.55. The lowest BCUT2D eigenvalue weighted by molar-refractivity contribution is 0.142. The van der Waals surface area contributed by atoms with E-state index >= 15 is 0 Å². The second-order valence-corrected chi connectivity index (χ2v) is 9.05. The third-order valence-corrected chi connectivity index (χ3v) is 7.25. The van der Waals surface area contributed by atoms with E-state index in [2.05, 4.69) is 79.7 Å². The number of rotatable bonds is 2. The minimum absolute atomic E-state index is 0.189. The molecule has 22 heavy (non-hydrogen) atoms. The quantitative estimate of drug-likeness (QED) is 0.565. The predicted octanol–water partition coefficient (Wildman–Crippen LogP) is 6.25. The van der Waals surface area contributed by atoms with Gasteiger partial charge in [-0.1, -0.05) is 90.8 Å². The number of fused-ring (bicyclic) bond motifs is 3. The van der Waals surface area contributed by atoms with Crippen LogP contribution in [-0.4, -0.2) is 0 Å². The van der Waals surface area contributed by atoms with Crippen LogP contribution < -0.4 is 0 Å². The molecule has 0 heterocycles. The zero-order valence-electron chi connectivity index (χ0n) is 15.7. The standard InChI is InChI=1S/C22H32/c1-14(2)16-13-21(7)18-12-10-9-11-17(18)20(5,6)22(21,8)19(16)15(3)4/h9-12,14-15H,13H2,1-8H3/t21-,22+/m0/s1. The molecule has 120 valence electrons. The third-order valence-electron chi connectivity index (χ3n) is 7.25. The Bertz CT molecular complexity index is 644. The largest absolute Gasteiger partial charge is 0.0667 e. The Morgan fingerprint density at radius 2 is 1.36 bits per heavy atom. The summed E-state index contributed by atoms with van der Waals surface area (Å²) in [6.07, 6.45) is 1.23. The first-order chi connectivity index (χ1) is 10.1. The summed E-state index contributed by atoms with van der Waals surface area (Å²) in [6.45, 7) is 19.6. The summed E-state index contributed by atoms with van der Waals surface area (Å²) < 4.78 is 0. The molecule has 0 bridgehead atoms. The smallest absolute Gasteiger partial charge is 0.00778 e. The highest BCUT2D eigenvalue weighted by atomic mass is 14.7. The fourth-order valence-electron chi connectivity index (χ4n) is 5.90. The number of benzene rings is 1. The molecule has 0 nitrogen and oxygen atoms in total. The molecule has 1 aromatic carbocycles. The van der Waals surface area contributed by atoms with Crippen LogP contribution in [0.5, 0.6) is 0 Å². The first-order valence-electron chi connectivity index (χ1n) is 8.92. The van der Waals surface area contributed by atoms with E-state index in [0.717, 1.165) is 0 Å². The van der Waals surface area contributed by atoms with Gasteiger partial charge in [-0.05, 0) is 34.8 Å².